The van der Waals surface area contributed by atoms with Gasteiger partial charge >= 0.3 is 0 Å². The van der Waals surface area contributed by atoms with Gasteiger partial charge in [0.15, 0.2) is 0 Å². The van der Waals surface area contributed by atoms with Crippen LogP contribution >= 0.6 is 31.9 Å². The summed E-state index contributed by atoms with van der Waals surface area (Å²) in [6, 6.07) is 18.0. The molecule has 0 heterocycles. The Morgan fingerprint density at radius 3 is 2.22 bits per heavy atom. The van der Waals surface area contributed by atoms with E-state index in [-0.39, 0.29) is 0 Å². The summed E-state index contributed by atoms with van der Waals surface area (Å²) in [6.45, 7) is 0. The third-order valence-corrected chi connectivity index (χ3v) is 2.80. The standard InChI is InChI=1S/C16H10Br2/c17-16(18)12-15-9-5-4-8-14(15)11-10-13-6-2-1-3-7-13/h1-9,12H. The third kappa shape index (κ3) is 3.87. The van der Waals surface area contributed by atoms with E-state index in [0.717, 1.165) is 20.1 Å². The van der Waals surface area contributed by atoms with Crippen molar-refractivity contribution in [2.45, 2.75) is 0 Å². The van der Waals surface area contributed by atoms with Crippen molar-refractivity contribution in [1.29, 1.82) is 0 Å². The Hall–Kier alpha value is -1.30. The summed E-state index contributed by atoms with van der Waals surface area (Å²) in [5.74, 6) is 6.36. The lowest BCUT2D eigenvalue weighted by molar-refractivity contribution is 1.59. The quantitative estimate of drug-likeness (QED) is 0.614. The van der Waals surface area contributed by atoms with E-state index in [2.05, 4.69) is 43.7 Å². The predicted molar refractivity (Wildman–Crippen MR) is 84.7 cm³/mol. The summed E-state index contributed by atoms with van der Waals surface area (Å²) in [7, 11) is 0. The molecule has 88 valence electrons. The molecule has 2 heteroatoms. The molecule has 0 saturated heterocycles. The molecule has 0 nitrogen and oxygen atoms in total. The summed E-state index contributed by atoms with van der Waals surface area (Å²) < 4.78 is 0.906. The van der Waals surface area contributed by atoms with Crippen LogP contribution in [0.2, 0.25) is 0 Å². The monoisotopic (exact) mass is 360 g/mol. The van der Waals surface area contributed by atoms with Crippen molar-refractivity contribution < 1.29 is 0 Å². The van der Waals surface area contributed by atoms with E-state index in [1.54, 1.807) is 0 Å². The molecule has 0 radical (unpaired) electrons. The molecule has 2 aromatic carbocycles. The predicted octanol–water partition coefficient (Wildman–Crippen LogP) is 5.17. The molecule has 0 aliphatic heterocycles. The number of rotatable bonds is 1. The van der Waals surface area contributed by atoms with Gasteiger partial charge in [0.1, 0.15) is 0 Å². The highest BCUT2D eigenvalue weighted by atomic mass is 79.9. The van der Waals surface area contributed by atoms with Gasteiger partial charge in [-0.1, -0.05) is 48.2 Å². The van der Waals surface area contributed by atoms with Crippen LogP contribution in [-0.2, 0) is 0 Å². The van der Waals surface area contributed by atoms with Gasteiger partial charge in [-0.3, -0.25) is 0 Å². The first-order valence-electron chi connectivity index (χ1n) is 5.44. The zero-order valence-electron chi connectivity index (χ0n) is 9.53. The van der Waals surface area contributed by atoms with E-state index in [4.69, 9.17) is 0 Å². The lowest BCUT2D eigenvalue weighted by Crippen LogP contribution is -1.81. The second kappa shape index (κ2) is 6.58. The van der Waals surface area contributed by atoms with Gasteiger partial charge in [0.2, 0.25) is 0 Å². The molecule has 0 atom stereocenters. The fraction of sp³-hybridized carbons (Fsp3) is 0. The summed E-state index contributed by atoms with van der Waals surface area (Å²) in [5, 5.41) is 0. The highest BCUT2D eigenvalue weighted by Crippen LogP contribution is 2.20. The number of hydrogen-bond acceptors (Lipinski definition) is 0. The summed E-state index contributed by atoms with van der Waals surface area (Å²) in [6.07, 6.45) is 2.00. The molecule has 2 aromatic rings. The molecule has 0 amide bonds. The van der Waals surface area contributed by atoms with Crippen molar-refractivity contribution in [2.24, 2.45) is 0 Å². The first kappa shape index (κ1) is 13.1. The minimum atomic E-state index is 0.906. The van der Waals surface area contributed by atoms with Gasteiger partial charge in [-0.25, -0.2) is 0 Å². The Morgan fingerprint density at radius 1 is 0.833 bits per heavy atom. The fourth-order valence-electron chi connectivity index (χ4n) is 1.52. The minimum absolute atomic E-state index is 0.906. The van der Waals surface area contributed by atoms with E-state index in [1.165, 1.54) is 0 Å². The highest BCUT2D eigenvalue weighted by molar-refractivity contribution is 9.28. The van der Waals surface area contributed by atoms with Crippen LogP contribution in [0, 0.1) is 11.8 Å². The van der Waals surface area contributed by atoms with Gasteiger partial charge in [-0.2, -0.15) is 0 Å². The molecule has 0 fully saturated rings. The molecule has 0 aliphatic carbocycles. The largest absolute Gasteiger partial charge is 0.0622 e. The summed E-state index contributed by atoms with van der Waals surface area (Å²) >= 11 is 6.74. The normalized spacial score (nSPS) is 9.22. The first-order chi connectivity index (χ1) is 8.75. The SMILES string of the molecule is BrC(Br)=Cc1ccccc1C#Cc1ccccc1. The Morgan fingerprint density at radius 2 is 1.50 bits per heavy atom. The molecule has 0 saturated carbocycles. The van der Waals surface area contributed by atoms with Gasteiger partial charge in [-0.15, -0.1) is 0 Å². The Bertz CT molecular complexity index is 612. The Balaban J connectivity index is 2.36. The Labute approximate surface area is 124 Å². The topological polar surface area (TPSA) is 0 Å². The van der Waals surface area contributed by atoms with Crippen LogP contribution in [0.1, 0.15) is 16.7 Å². The third-order valence-electron chi connectivity index (χ3n) is 2.34. The zero-order valence-corrected chi connectivity index (χ0v) is 12.7. The molecule has 0 unspecified atom stereocenters. The molecular weight excluding hydrogens is 352 g/mol. The maximum absolute atomic E-state index is 3.37. The summed E-state index contributed by atoms with van der Waals surface area (Å²) in [5.41, 5.74) is 3.12. The average Bonchev–Trinajstić information content (AvgIpc) is 2.38. The van der Waals surface area contributed by atoms with Gasteiger partial charge in [-0.05, 0) is 61.7 Å². The molecule has 2 rings (SSSR count). The van der Waals surface area contributed by atoms with E-state index < -0.39 is 0 Å². The van der Waals surface area contributed by atoms with Crippen LogP contribution in [0.5, 0.6) is 0 Å². The van der Waals surface area contributed by atoms with Crippen LogP contribution in [0.4, 0.5) is 0 Å². The minimum Gasteiger partial charge on any atom is -0.0622 e. The average molecular weight is 362 g/mol. The van der Waals surface area contributed by atoms with Crippen LogP contribution in [0.25, 0.3) is 6.08 Å². The van der Waals surface area contributed by atoms with E-state index in [1.807, 2.05) is 60.7 Å². The first-order valence-corrected chi connectivity index (χ1v) is 7.03. The van der Waals surface area contributed by atoms with Crippen molar-refractivity contribution in [1.82, 2.24) is 0 Å². The van der Waals surface area contributed by atoms with Crippen molar-refractivity contribution in [3.8, 4) is 11.8 Å². The highest BCUT2D eigenvalue weighted by Gasteiger charge is 1.96. The maximum Gasteiger partial charge on any atom is 0.0610 e. The van der Waals surface area contributed by atoms with Crippen LogP contribution in [-0.4, -0.2) is 0 Å². The zero-order chi connectivity index (χ0) is 12.8. The number of hydrogen-bond donors (Lipinski definition) is 0. The van der Waals surface area contributed by atoms with Crippen LogP contribution < -0.4 is 0 Å². The molecule has 0 bridgehead atoms. The molecule has 0 spiro atoms. The molecular formula is C16H10Br2. The van der Waals surface area contributed by atoms with Gasteiger partial charge in [0.05, 0.1) is 3.39 Å². The summed E-state index contributed by atoms with van der Waals surface area (Å²) in [4.78, 5) is 0. The molecule has 0 aromatic heterocycles. The van der Waals surface area contributed by atoms with E-state index in [0.29, 0.717) is 0 Å². The van der Waals surface area contributed by atoms with Gasteiger partial charge in [0.25, 0.3) is 0 Å². The maximum atomic E-state index is 3.37. The van der Waals surface area contributed by atoms with Crippen molar-refractivity contribution in [2.75, 3.05) is 0 Å². The second-order valence-corrected chi connectivity index (χ2v) is 6.41. The number of halogens is 2. The van der Waals surface area contributed by atoms with Gasteiger partial charge < -0.3 is 0 Å². The lowest BCUT2D eigenvalue weighted by atomic mass is 10.1. The molecule has 0 N–H and O–H groups in total. The van der Waals surface area contributed by atoms with Crippen molar-refractivity contribution >= 4 is 37.9 Å². The Kier molecular flexibility index (Phi) is 4.81. The molecule has 18 heavy (non-hydrogen) atoms. The lowest BCUT2D eigenvalue weighted by Gasteiger charge is -1.98. The van der Waals surface area contributed by atoms with E-state index >= 15 is 0 Å². The van der Waals surface area contributed by atoms with E-state index in [9.17, 15) is 0 Å². The fourth-order valence-corrected chi connectivity index (χ4v) is 2.01. The van der Waals surface area contributed by atoms with Crippen molar-refractivity contribution in [3.05, 3.63) is 74.7 Å². The van der Waals surface area contributed by atoms with Crippen LogP contribution in [0.3, 0.4) is 0 Å². The number of benzene rings is 2. The smallest absolute Gasteiger partial charge is 0.0610 e. The molecule has 0 aliphatic rings. The van der Waals surface area contributed by atoms with Gasteiger partial charge in [0, 0.05) is 11.1 Å². The second-order valence-electron chi connectivity index (χ2n) is 3.64. The van der Waals surface area contributed by atoms with Crippen molar-refractivity contribution in [3.63, 3.8) is 0 Å². The van der Waals surface area contributed by atoms with Crippen LogP contribution in [0.15, 0.2) is 58.0 Å².